The predicted octanol–water partition coefficient (Wildman–Crippen LogP) is 6.01. The summed E-state index contributed by atoms with van der Waals surface area (Å²) in [6, 6.07) is 11.1. The highest BCUT2D eigenvalue weighted by atomic mass is 15.0. The third kappa shape index (κ3) is 5.32. The fraction of sp³-hybridized carbons (Fsp3) is 0.407. The van der Waals surface area contributed by atoms with E-state index in [0.717, 1.165) is 12.8 Å². The minimum Gasteiger partial charge on any atom is -0.196 e. The molecule has 0 saturated heterocycles. The minimum absolute atomic E-state index is 0.0713. The molecule has 29 heavy (non-hydrogen) atoms. The molecule has 0 N–H and O–H groups in total. The molecule has 2 rings (SSSR count). The van der Waals surface area contributed by atoms with Crippen molar-refractivity contribution in [2.45, 2.75) is 59.8 Å². The van der Waals surface area contributed by atoms with E-state index in [1.54, 1.807) is 0 Å². The van der Waals surface area contributed by atoms with Crippen LogP contribution in [-0.2, 0) is 19.5 Å². The zero-order valence-electron chi connectivity index (χ0n) is 19.6. The number of aromatic nitrogens is 2. The third-order valence-corrected chi connectivity index (χ3v) is 5.57. The molecule has 0 radical (unpaired) electrons. The Hall–Kier alpha value is -2.48. The number of aryl methyl sites for hydroxylation is 1. The standard InChI is InChI=1S/C27H38N2/c1-9-12-13-16-23(21(10-2)11-3)25-19-22(27(4,5)6)20-26(29(25)8)24-17-14-15-18-28(24)7/h9,12-20H,10-11H2,1-8H3/q+2. The van der Waals surface area contributed by atoms with Crippen molar-refractivity contribution in [3.63, 3.8) is 0 Å². The average molecular weight is 391 g/mol. The summed E-state index contributed by atoms with van der Waals surface area (Å²) < 4.78 is 4.55. The second-order valence-corrected chi connectivity index (χ2v) is 8.63. The van der Waals surface area contributed by atoms with E-state index in [1.165, 1.54) is 33.8 Å². The van der Waals surface area contributed by atoms with Crippen molar-refractivity contribution < 1.29 is 9.13 Å². The Morgan fingerprint density at radius 3 is 2.21 bits per heavy atom. The fourth-order valence-electron chi connectivity index (χ4n) is 3.66. The SMILES string of the molecule is CC=CC=CC(=C(CC)CC)c1cc(C(C)(C)C)cc(-c2cccc[n+]2C)[n+]1C. The van der Waals surface area contributed by atoms with E-state index in [9.17, 15) is 0 Å². The van der Waals surface area contributed by atoms with Gasteiger partial charge in [0.05, 0.1) is 0 Å². The molecule has 2 aromatic rings. The van der Waals surface area contributed by atoms with E-state index in [0.29, 0.717) is 0 Å². The topological polar surface area (TPSA) is 7.76 Å². The van der Waals surface area contributed by atoms with Crippen molar-refractivity contribution in [3.05, 3.63) is 77.7 Å². The van der Waals surface area contributed by atoms with Gasteiger partial charge in [0.2, 0.25) is 5.69 Å². The van der Waals surface area contributed by atoms with E-state index in [1.807, 2.05) is 0 Å². The van der Waals surface area contributed by atoms with Crippen molar-refractivity contribution in [2.24, 2.45) is 14.1 Å². The smallest absolute Gasteiger partial charge is 0.196 e. The highest BCUT2D eigenvalue weighted by Crippen LogP contribution is 2.30. The first-order chi connectivity index (χ1) is 13.7. The van der Waals surface area contributed by atoms with Crippen LogP contribution in [0, 0.1) is 0 Å². The van der Waals surface area contributed by atoms with Crippen molar-refractivity contribution in [2.75, 3.05) is 0 Å². The Labute approximate surface area is 177 Å². The lowest BCUT2D eigenvalue weighted by Gasteiger charge is -2.20. The van der Waals surface area contributed by atoms with Crippen LogP contribution in [0.5, 0.6) is 0 Å². The first-order valence-electron chi connectivity index (χ1n) is 10.8. The van der Waals surface area contributed by atoms with E-state index >= 15 is 0 Å². The molecule has 0 atom stereocenters. The summed E-state index contributed by atoms with van der Waals surface area (Å²) in [4.78, 5) is 0. The Morgan fingerprint density at radius 1 is 0.966 bits per heavy atom. The van der Waals surface area contributed by atoms with E-state index in [-0.39, 0.29) is 5.41 Å². The Bertz CT molecular complexity index is 931. The molecule has 0 saturated carbocycles. The van der Waals surface area contributed by atoms with Gasteiger partial charge < -0.3 is 0 Å². The van der Waals surface area contributed by atoms with Crippen LogP contribution in [0.25, 0.3) is 17.0 Å². The van der Waals surface area contributed by atoms with Crippen molar-refractivity contribution in [1.29, 1.82) is 0 Å². The number of nitrogens with zero attached hydrogens (tertiary/aromatic N) is 2. The second-order valence-electron chi connectivity index (χ2n) is 8.63. The van der Waals surface area contributed by atoms with E-state index in [4.69, 9.17) is 0 Å². The van der Waals surface area contributed by atoms with Gasteiger partial charge in [-0.2, -0.15) is 9.13 Å². The van der Waals surface area contributed by atoms with Gasteiger partial charge in [-0.3, -0.25) is 0 Å². The summed E-state index contributed by atoms with van der Waals surface area (Å²) in [5, 5.41) is 0. The molecule has 0 aliphatic heterocycles. The first kappa shape index (κ1) is 22.8. The maximum atomic E-state index is 2.38. The summed E-state index contributed by atoms with van der Waals surface area (Å²) in [5.74, 6) is 0. The van der Waals surface area contributed by atoms with Crippen LogP contribution >= 0.6 is 0 Å². The highest BCUT2D eigenvalue weighted by molar-refractivity contribution is 5.74. The monoisotopic (exact) mass is 390 g/mol. The number of hydrogen-bond acceptors (Lipinski definition) is 0. The molecular formula is C27H38N2+2. The summed E-state index contributed by atoms with van der Waals surface area (Å²) in [6.07, 6.45) is 12.8. The number of rotatable bonds is 6. The van der Waals surface area contributed by atoms with Gasteiger partial charge in [0.25, 0.3) is 11.4 Å². The quantitative estimate of drug-likeness (QED) is 0.422. The van der Waals surface area contributed by atoms with Crippen LogP contribution in [0.2, 0.25) is 0 Å². The maximum absolute atomic E-state index is 2.38. The highest BCUT2D eigenvalue weighted by Gasteiger charge is 2.28. The number of allylic oxidation sites excluding steroid dienone is 6. The molecule has 2 heteroatoms. The molecule has 0 fully saturated rings. The summed E-state index contributed by atoms with van der Waals surface area (Å²) in [7, 11) is 4.31. The van der Waals surface area contributed by atoms with Crippen LogP contribution in [0.15, 0.2) is 66.4 Å². The molecule has 0 spiro atoms. The summed E-state index contributed by atoms with van der Waals surface area (Å²) in [6.45, 7) is 13.4. The van der Waals surface area contributed by atoms with Gasteiger partial charge in [-0.25, -0.2) is 0 Å². The van der Waals surface area contributed by atoms with Crippen LogP contribution in [0.3, 0.4) is 0 Å². The molecule has 0 aliphatic rings. The first-order valence-corrected chi connectivity index (χ1v) is 10.8. The molecule has 154 valence electrons. The molecule has 2 aromatic heterocycles. The van der Waals surface area contributed by atoms with Gasteiger partial charge in [-0.05, 0) is 42.9 Å². The lowest BCUT2D eigenvalue weighted by molar-refractivity contribution is -0.691. The van der Waals surface area contributed by atoms with Crippen molar-refractivity contribution in [3.8, 4) is 11.4 Å². The van der Waals surface area contributed by atoms with Gasteiger partial charge in [0.15, 0.2) is 6.20 Å². The van der Waals surface area contributed by atoms with Gasteiger partial charge in [0, 0.05) is 29.8 Å². The van der Waals surface area contributed by atoms with E-state index < -0.39 is 0 Å². The Morgan fingerprint density at radius 2 is 1.66 bits per heavy atom. The van der Waals surface area contributed by atoms with Gasteiger partial charge >= 0.3 is 0 Å². The predicted molar refractivity (Wildman–Crippen MR) is 124 cm³/mol. The zero-order valence-corrected chi connectivity index (χ0v) is 19.6. The molecular weight excluding hydrogens is 352 g/mol. The molecule has 0 bridgehead atoms. The van der Waals surface area contributed by atoms with Crippen LogP contribution in [-0.4, -0.2) is 0 Å². The van der Waals surface area contributed by atoms with Gasteiger partial charge in [-0.15, -0.1) is 0 Å². The second kappa shape index (κ2) is 9.82. The zero-order chi connectivity index (χ0) is 21.6. The van der Waals surface area contributed by atoms with Crippen molar-refractivity contribution in [1.82, 2.24) is 0 Å². The van der Waals surface area contributed by atoms with Crippen LogP contribution in [0.1, 0.15) is 65.6 Å². The molecule has 0 aliphatic carbocycles. The van der Waals surface area contributed by atoms with Crippen LogP contribution < -0.4 is 9.13 Å². The van der Waals surface area contributed by atoms with Gasteiger partial charge in [-0.1, -0.05) is 58.4 Å². The van der Waals surface area contributed by atoms with E-state index in [2.05, 4.69) is 126 Å². The summed E-state index contributed by atoms with van der Waals surface area (Å²) >= 11 is 0. The molecule has 2 nitrogen and oxygen atoms in total. The lowest BCUT2D eigenvalue weighted by atomic mass is 9.85. The average Bonchev–Trinajstić information content (AvgIpc) is 2.68. The number of pyridine rings is 2. The molecule has 0 aromatic carbocycles. The minimum atomic E-state index is 0.0713. The Balaban J connectivity index is 2.90. The number of hydrogen-bond donors (Lipinski definition) is 0. The lowest BCUT2D eigenvalue weighted by Crippen LogP contribution is -2.41. The maximum Gasteiger partial charge on any atom is 0.277 e. The molecule has 0 amide bonds. The van der Waals surface area contributed by atoms with Crippen molar-refractivity contribution >= 4 is 5.57 Å². The normalized spacial score (nSPS) is 12.1. The van der Waals surface area contributed by atoms with Crippen LogP contribution in [0.4, 0.5) is 0 Å². The van der Waals surface area contributed by atoms with Gasteiger partial charge in [0.1, 0.15) is 14.1 Å². The largest absolute Gasteiger partial charge is 0.277 e. The fourth-order valence-corrected chi connectivity index (χ4v) is 3.66. The molecule has 2 heterocycles. The third-order valence-electron chi connectivity index (χ3n) is 5.57. The summed E-state index contributed by atoms with van der Waals surface area (Å²) in [5.41, 5.74) is 7.97. The molecule has 0 unspecified atom stereocenters. The Kier molecular flexibility index (Phi) is 7.73.